The molecule has 1 aromatic carbocycles. The molecule has 1 amide bonds. The molecule has 1 heterocycles. The topological polar surface area (TPSA) is 70.6 Å². The fraction of sp³-hybridized carbons (Fsp3) is 0.588. The zero-order chi connectivity index (χ0) is 18.3. The Bertz CT molecular complexity index is 543. The summed E-state index contributed by atoms with van der Waals surface area (Å²) in [7, 11) is 0. The van der Waals surface area contributed by atoms with E-state index >= 15 is 0 Å². The zero-order valence-electron chi connectivity index (χ0n) is 13.8. The largest absolute Gasteiger partial charge is 0.573 e. The van der Waals surface area contributed by atoms with Crippen molar-refractivity contribution in [1.29, 1.82) is 0 Å². The van der Waals surface area contributed by atoms with Crippen LogP contribution >= 0.6 is 0 Å². The number of hydrogen-bond donors (Lipinski definition) is 3. The Morgan fingerprint density at radius 2 is 1.92 bits per heavy atom. The average Bonchev–Trinajstić information content (AvgIpc) is 2.59. The number of alkyl halides is 3. The van der Waals surface area contributed by atoms with Gasteiger partial charge in [0, 0.05) is 25.0 Å². The number of halogens is 3. The van der Waals surface area contributed by atoms with Gasteiger partial charge in [-0.15, -0.1) is 13.2 Å². The number of piperidine rings is 1. The summed E-state index contributed by atoms with van der Waals surface area (Å²) >= 11 is 0. The van der Waals surface area contributed by atoms with E-state index in [-0.39, 0.29) is 30.1 Å². The molecule has 0 aliphatic carbocycles. The van der Waals surface area contributed by atoms with Crippen molar-refractivity contribution in [3.63, 3.8) is 0 Å². The van der Waals surface area contributed by atoms with Gasteiger partial charge in [-0.05, 0) is 50.0 Å². The van der Waals surface area contributed by atoms with Gasteiger partial charge in [-0.25, -0.2) is 0 Å². The number of nitrogens with one attached hydrogen (secondary N) is 2. The zero-order valence-corrected chi connectivity index (χ0v) is 13.8. The predicted molar refractivity (Wildman–Crippen MR) is 86.0 cm³/mol. The highest BCUT2D eigenvalue weighted by molar-refractivity contribution is 5.78. The molecule has 2 rings (SSSR count). The molecule has 1 aliphatic rings. The molecule has 0 aromatic heterocycles. The van der Waals surface area contributed by atoms with Crippen LogP contribution in [0.15, 0.2) is 24.3 Å². The van der Waals surface area contributed by atoms with E-state index in [9.17, 15) is 23.1 Å². The third kappa shape index (κ3) is 6.91. The normalized spacial score (nSPS) is 17.1. The molecular formula is C17H23F3N2O3. The number of aliphatic hydroxyl groups excluding tert-OH is 1. The number of hydrogen-bond acceptors (Lipinski definition) is 4. The van der Waals surface area contributed by atoms with Gasteiger partial charge in [-0.3, -0.25) is 4.79 Å². The van der Waals surface area contributed by atoms with Crippen molar-refractivity contribution in [3.05, 3.63) is 29.8 Å². The number of benzene rings is 1. The van der Waals surface area contributed by atoms with E-state index in [0.29, 0.717) is 13.0 Å². The van der Waals surface area contributed by atoms with E-state index in [0.717, 1.165) is 31.5 Å². The van der Waals surface area contributed by atoms with Crippen LogP contribution in [0.1, 0.15) is 18.4 Å². The van der Waals surface area contributed by atoms with Gasteiger partial charge in [0.1, 0.15) is 5.75 Å². The number of carbonyl (C=O) groups excluding carboxylic acids is 1. The van der Waals surface area contributed by atoms with Crippen LogP contribution in [0.3, 0.4) is 0 Å². The standard InChI is InChI=1S/C17H23F3N2O3/c18-17(19,20)25-15-3-1-12(2-4-15)9-13(11-23)10-22-16(24)14-5-7-21-8-6-14/h1-4,13-14,21,23H,5-11H2,(H,22,24). The van der Waals surface area contributed by atoms with Crippen LogP contribution < -0.4 is 15.4 Å². The third-order valence-electron chi connectivity index (χ3n) is 4.21. The molecule has 0 spiro atoms. The first-order valence-electron chi connectivity index (χ1n) is 8.31. The molecule has 0 radical (unpaired) electrons. The van der Waals surface area contributed by atoms with Crippen LogP contribution in [-0.4, -0.2) is 43.6 Å². The van der Waals surface area contributed by atoms with Gasteiger partial charge in [0.25, 0.3) is 0 Å². The number of carbonyl (C=O) groups is 1. The second-order valence-corrected chi connectivity index (χ2v) is 6.21. The first kappa shape index (κ1) is 19.5. The van der Waals surface area contributed by atoms with E-state index in [2.05, 4.69) is 15.4 Å². The number of aliphatic hydroxyl groups is 1. The number of ether oxygens (including phenoxy) is 1. The highest BCUT2D eigenvalue weighted by Gasteiger charge is 2.31. The molecule has 1 atom stereocenters. The van der Waals surface area contributed by atoms with Crippen molar-refractivity contribution in [3.8, 4) is 5.75 Å². The summed E-state index contributed by atoms with van der Waals surface area (Å²) in [6.45, 7) is 1.87. The smallest absolute Gasteiger partial charge is 0.406 e. The summed E-state index contributed by atoms with van der Waals surface area (Å²) in [5.41, 5.74) is 0.768. The van der Waals surface area contributed by atoms with E-state index in [4.69, 9.17) is 0 Å². The van der Waals surface area contributed by atoms with Crippen molar-refractivity contribution < 1.29 is 27.8 Å². The van der Waals surface area contributed by atoms with Gasteiger partial charge in [0.05, 0.1) is 0 Å². The van der Waals surface area contributed by atoms with Gasteiger partial charge in [0.2, 0.25) is 5.91 Å². The molecule has 1 unspecified atom stereocenters. The van der Waals surface area contributed by atoms with Crippen LogP contribution in [0.25, 0.3) is 0 Å². The Hall–Kier alpha value is -1.80. The van der Waals surface area contributed by atoms with Crippen LogP contribution in [0, 0.1) is 11.8 Å². The third-order valence-corrected chi connectivity index (χ3v) is 4.21. The lowest BCUT2D eigenvalue weighted by molar-refractivity contribution is -0.274. The molecule has 3 N–H and O–H groups in total. The predicted octanol–water partition coefficient (Wildman–Crippen LogP) is 1.85. The molecule has 140 valence electrons. The highest BCUT2D eigenvalue weighted by Crippen LogP contribution is 2.23. The highest BCUT2D eigenvalue weighted by atomic mass is 19.4. The Morgan fingerprint density at radius 3 is 2.48 bits per heavy atom. The van der Waals surface area contributed by atoms with Gasteiger partial charge >= 0.3 is 6.36 Å². The maximum Gasteiger partial charge on any atom is 0.573 e. The Kier molecular flexibility index (Phi) is 7.07. The first-order valence-corrected chi connectivity index (χ1v) is 8.31. The maximum absolute atomic E-state index is 12.1. The van der Waals surface area contributed by atoms with Crippen LogP contribution in [0.2, 0.25) is 0 Å². The van der Waals surface area contributed by atoms with Crippen LogP contribution in [-0.2, 0) is 11.2 Å². The van der Waals surface area contributed by atoms with E-state index in [1.807, 2.05) is 0 Å². The Balaban J connectivity index is 1.81. The fourth-order valence-corrected chi connectivity index (χ4v) is 2.84. The molecule has 5 nitrogen and oxygen atoms in total. The van der Waals surface area contributed by atoms with E-state index < -0.39 is 6.36 Å². The summed E-state index contributed by atoms with van der Waals surface area (Å²) in [5, 5.41) is 15.5. The summed E-state index contributed by atoms with van der Waals surface area (Å²) in [6, 6.07) is 5.53. The lowest BCUT2D eigenvalue weighted by Crippen LogP contribution is -2.40. The van der Waals surface area contributed by atoms with E-state index in [1.165, 1.54) is 24.3 Å². The fourth-order valence-electron chi connectivity index (χ4n) is 2.84. The van der Waals surface area contributed by atoms with Crippen LogP contribution in [0.4, 0.5) is 13.2 Å². The molecular weight excluding hydrogens is 337 g/mol. The van der Waals surface area contributed by atoms with E-state index in [1.54, 1.807) is 0 Å². The van der Waals surface area contributed by atoms with Crippen molar-refractivity contribution >= 4 is 5.91 Å². The SMILES string of the molecule is O=C(NCC(CO)Cc1ccc(OC(F)(F)F)cc1)C1CCNCC1. The summed E-state index contributed by atoms with van der Waals surface area (Å²) < 4.78 is 40.2. The van der Waals surface area contributed by atoms with Gasteiger partial charge < -0.3 is 20.5 Å². The Morgan fingerprint density at radius 1 is 1.28 bits per heavy atom. The van der Waals surface area contributed by atoms with Gasteiger partial charge in [0.15, 0.2) is 0 Å². The molecule has 8 heteroatoms. The minimum Gasteiger partial charge on any atom is -0.406 e. The van der Waals surface area contributed by atoms with Crippen molar-refractivity contribution in [2.75, 3.05) is 26.2 Å². The molecule has 1 aliphatic heterocycles. The van der Waals surface area contributed by atoms with Gasteiger partial charge in [-0.2, -0.15) is 0 Å². The molecule has 0 saturated carbocycles. The lowest BCUT2D eigenvalue weighted by atomic mass is 9.96. The quantitative estimate of drug-likeness (QED) is 0.694. The van der Waals surface area contributed by atoms with Gasteiger partial charge in [-0.1, -0.05) is 12.1 Å². The molecule has 0 bridgehead atoms. The summed E-state index contributed by atoms with van der Waals surface area (Å²) in [4.78, 5) is 12.1. The van der Waals surface area contributed by atoms with Crippen molar-refractivity contribution in [2.24, 2.45) is 11.8 Å². The Labute approximate surface area is 144 Å². The van der Waals surface area contributed by atoms with Crippen molar-refractivity contribution in [2.45, 2.75) is 25.6 Å². The summed E-state index contributed by atoms with van der Waals surface area (Å²) in [6.07, 6.45) is -2.66. The molecule has 1 aromatic rings. The minimum absolute atomic E-state index is 0.000561. The molecule has 1 saturated heterocycles. The molecule has 1 fully saturated rings. The average molecular weight is 360 g/mol. The van der Waals surface area contributed by atoms with Crippen LogP contribution in [0.5, 0.6) is 5.75 Å². The van der Waals surface area contributed by atoms with Crippen molar-refractivity contribution in [1.82, 2.24) is 10.6 Å². The second-order valence-electron chi connectivity index (χ2n) is 6.21. The minimum atomic E-state index is -4.71. The lowest BCUT2D eigenvalue weighted by Gasteiger charge is -2.23. The number of rotatable bonds is 7. The second kappa shape index (κ2) is 9.05. The summed E-state index contributed by atoms with van der Waals surface area (Å²) in [5.74, 6) is -0.482. The number of amides is 1. The molecule has 25 heavy (non-hydrogen) atoms. The maximum atomic E-state index is 12.1. The monoisotopic (exact) mass is 360 g/mol. The first-order chi connectivity index (χ1) is 11.9.